The van der Waals surface area contributed by atoms with Gasteiger partial charge in [0.1, 0.15) is 6.23 Å². The van der Waals surface area contributed by atoms with Gasteiger partial charge >= 0.3 is 0 Å². The molecular weight excluding hydrogens is 364 g/mol. The van der Waals surface area contributed by atoms with E-state index in [0.29, 0.717) is 12.6 Å². The van der Waals surface area contributed by atoms with Gasteiger partial charge in [-0.25, -0.2) is 0 Å². The van der Waals surface area contributed by atoms with Crippen molar-refractivity contribution < 1.29 is 9.90 Å². The lowest BCUT2D eigenvalue weighted by Gasteiger charge is -2.31. The third kappa shape index (κ3) is 5.87. The van der Waals surface area contributed by atoms with Gasteiger partial charge in [0.15, 0.2) is 0 Å². The molecule has 0 bridgehead atoms. The first kappa shape index (κ1) is 21.5. The minimum absolute atomic E-state index is 0.0194. The summed E-state index contributed by atoms with van der Waals surface area (Å²) in [4.78, 5) is 15.6. The molecule has 6 heteroatoms. The first-order chi connectivity index (χ1) is 14.0. The van der Waals surface area contributed by atoms with Crippen molar-refractivity contribution in [2.45, 2.75) is 31.7 Å². The molecule has 1 aliphatic rings. The first-order valence-corrected chi connectivity index (χ1v) is 10.2. The van der Waals surface area contributed by atoms with E-state index in [0.717, 1.165) is 48.2 Å². The number of benzene rings is 2. The summed E-state index contributed by atoms with van der Waals surface area (Å²) in [6.07, 6.45) is 1.46. The van der Waals surface area contributed by atoms with Crippen LogP contribution in [0.1, 0.15) is 30.2 Å². The Morgan fingerprint density at radius 1 is 1.21 bits per heavy atom. The van der Waals surface area contributed by atoms with Crippen LogP contribution in [0.15, 0.2) is 48.5 Å². The third-order valence-electron chi connectivity index (χ3n) is 5.62. The Bertz CT molecular complexity index is 801. The van der Waals surface area contributed by atoms with Gasteiger partial charge in [0.05, 0.1) is 6.54 Å². The summed E-state index contributed by atoms with van der Waals surface area (Å²) < 4.78 is 0. The molecule has 0 radical (unpaired) electrons. The van der Waals surface area contributed by atoms with Crippen LogP contribution in [0, 0.1) is 0 Å². The van der Waals surface area contributed by atoms with Crippen LogP contribution < -0.4 is 11.1 Å². The summed E-state index contributed by atoms with van der Waals surface area (Å²) in [6, 6.07) is 16.5. The minimum Gasteiger partial charge on any atom is -0.374 e. The zero-order valence-corrected chi connectivity index (χ0v) is 17.3. The van der Waals surface area contributed by atoms with E-state index in [-0.39, 0.29) is 12.5 Å². The van der Waals surface area contributed by atoms with Crippen molar-refractivity contribution in [1.29, 1.82) is 0 Å². The van der Waals surface area contributed by atoms with Gasteiger partial charge in [0, 0.05) is 19.6 Å². The molecule has 4 N–H and O–H groups in total. The van der Waals surface area contributed by atoms with Gasteiger partial charge in [0.25, 0.3) is 0 Å². The Balaban J connectivity index is 1.63. The first-order valence-electron chi connectivity index (χ1n) is 10.2. The van der Waals surface area contributed by atoms with Crippen molar-refractivity contribution in [2.24, 2.45) is 5.73 Å². The van der Waals surface area contributed by atoms with Gasteiger partial charge in [0.2, 0.25) is 5.91 Å². The quantitative estimate of drug-likeness (QED) is 0.623. The number of piperidine rings is 1. The zero-order valence-electron chi connectivity index (χ0n) is 17.3. The maximum Gasteiger partial charge on any atom is 0.236 e. The summed E-state index contributed by atoms with van der Waals surface area (Å²) in [5.74, 6) is -0.0779. The molecule has 1 unspecified atom stereocenters. The van der Waals surface area contributed by atoms with Gasteiger partial charge in [-0.2, -0.15) is 0 Å². The smallest absolute Gasteiger partial charge is 0.236 e. The van der Waals surface area contributed by atoms with Crippen molar-refractivity contribution in [1.82, 2.24) is 15.1 Å². The maximum atomic E-state index is 11.7. The van der Waals surface area contributed by atoms with Crippen LogP contribution in [0.4, 0.5) is 0 Å². The van der Waals surface area contributed by atoms with Crippen LogP contribution in [-0.2, 0) is 11.3 Å². The monoisotopic (exact) mass is 396 g/mol. The number of hydrogen-bond acceptors (Lipinski definition) is 5. The molecule has 156 valence electrons. The number of nitrogens with two attached hydrogens (primary N) is 1. The summed E-state index contributed by atoms with van der Waals surface area (Å²) in [6.45, 7) is 2.67. The second-order valence-corrected chi connectivity index (χ2v) is 7.92. The molecule has 29 heavy (non-hydrogen) atoms. The van der Waals surface area contributed by atoms with Gasteiger partial charge in [-0.05, 0) is 61.3 Å². The second kappa shape index (κ2) is 9.98. The fourth-order valence-electron chi connectivity index (χ4n) is 3.72. The molecule has 2 aromatic rings. The average Bonchev–Trinajstić information content (AvgIpc) is 2.75. The van der Waals surface area contributed by atoms with E-state index >= 15 is 0 Å². The Morgan fingerprint density at radius 3 is 2.55 bits per heavy atom. The molecule has 1 amide bonds. The molecule has 0 aromatic heterocycles. The highest BCUT2D eigenvalue weighted by Gasteiger charge is 2.19. The van der Waals surface area contributed by atoms with Crippen LogP contribution in [0.5, 0.6) is 0 Å². The maximum absolute atomic E-state index is 11.7. The Morgan fingerprint density at radius 2 is 1.90 bits per heavy atom. The number of likely N-dealkylation sites (N-methyl/N-ethyl adjacent to an activating group) is 1. The van der Waals surface area contributed by atoms with Gasteiger partial charge in [-0.1, -0.05) is 42.5 Å². The molecule has 0 aliphatic carbocycles. The molecule has 0 spiro atoms. The highest BCUT2D eigenvalue weighted by atomic mass is 16.3. The summed E-state index contributed by atoms with van der Waals surface area (Å²) in [5.41, 5.74) is 9.52. The van der Waals surface area contributed by atoms with E-state index in [2.05, 4.69) is 29.4 Å². The second-order valence-electron chi connectivity index (χ2n) is 7.92. The lowest BCUT2D eigenvalue weighted by molar-refractivity contribution is -0.128. The van der Waals surface area contributed by atoms with Crippen molar-refractivity contribution in [3.8, 4) is 11.1 Å². The average molecular weight is 397 g/mol. The highest BCUT2D eigenvalue weighted by molar-refractivity contribution is 5.77. The number of carbonyl (C=O) groups excluding carboxylic acids is 1. The predicted molar refractivity (Wildman–Crippen MR) is 116 cm³/mol. The summed E-state index contributed by atoms with van der Waals surface area (Å²) in [5, 5.41) is 13.9. The Kier molecular flexibility index (Phi) is 7.39. The van der Waals surface area contributed by atoms with E-state index < -0.39 is 6.23 Å². The van der Waals surface area contributed by atoms with E-state index in [4.69, 9.17) is 5.73 Å². The zero-order chi connectivity index (χ0) is 20.8. The number of aliphatic hydroxyl groups excluding tert-OH is 1. The molecule has 1 atom stereocenters. The highest BCUT2D eigenvalue weighted by Crippen LogP contribution is 2.24. The molecular formula is C23H32N4O2. The number of likely N-dealkylation sites (tertiary alicyclic amines) is 1. The standard InChI is InChI=1S/C23H32N4O2/c1-26-12-10-21(11-13-26)25-23(29)19-8-6-18(7-9-19)20-5-3-4-17(14-20)16-27(2)22(28)15-24/h3-9,14,21,23,25,29H,10-13,15-16,24H2,1-2H3. The summed E-state index contributed by atoms with van der Waals surface area (Å²) >= 11 is 0. The topological polar surface area (TPSA) is 81.8 Å². The molecule has 1 heterocycles. The molecule has 6 nitrogen and oxygen atoms in total. The van der Waals surface area contributed by atoms with E-state index in [9.17, 15) is 9.90 Å². The number of nitrogens with zero attached hydrogens (tertiary/aromatic N) is 2. The van der Waals surface area contributed by atoms with Crippen LogP contribution >= 0.6 is 0 Å². The number of amides is 1. The van der Waals surface area contributed by atoms with Crippen LogP contribution in [-0.4, -0.2) is 60.6 Å². The molecule has 3 rings (SSSR count). The fraction of sp³-hybridized carbons (Fsp3) is 0.435. The van der Waals surface area contributed by atoms with Crippen molar-refractivity contribution in [3.63, 3.8) is 0 Å². The lowest BCUT2D eigenvalue weighted by Crippen LogP contribution is -2.42. The summed E-state index contributed by atoms with van der Waals surface area (Å²) in [7, 11) is 3.89. The Labute approximate surface area is 173 Å². The van der Waals surface area contributed by atoms with Gasteiger partial charge in [-0.3, -0.25) is 10.1 Å². The van der Waals surface area contributed by atoms with Gasteiger partial charge < -0.3 is 20.6 Å². The normalized spacial score (nSPS) is 16.6. The number of nitrogens with one attached hydrogen (secondary N) is 1. The SMILES string of the molecule is CN1CCC(NC(O)c2ccc(-c3cccc(CN(C)C(=O)CN)c3)cc2)CC1. The number of hydrogen-bond donors (Lipinski definition) is 3. The lowest BCUT2D eigenvalue weighted by atomic mass is 10.0. The minimum atomic E-state index is -0.653. The van der Waals surface area contributed by atoms with Crippen LogP contribution in [0.3, 0.4) is 0 Å². The molecule has 2 aromatic carbocycles. The van der Waals surface area contributed by atoms with E-state index in [1.54, 1.807) is 11.9 Å². The predicted octanol–water partition coefficient (Wildman–Crippen LogP) is 1.95. The molecule has 1 fully saturated rings. The van der Waals surface area contributed by atoms with E-state index in [1.807, 2.05) is 36.4 Å². The third-order valence-corrected chi connectivity index (χ3v) is 5.62. The largest absolute Gasteiger partial charge is 0.374 e. The number of carbonyl (C=O) groups is 1. The van der Waals surface area contributed by atoms with Crippen molar-refractivity contribution in [2.75, 3.05) is 33.7 Å². The van der Waals surface area contributed by atoms with Crippen molar-refractivity contribution >= 4 is 5.91 Å². The molecule has 1 aliphatic heterocycles. The van der Waals surface area contributed by atoms with Gasteiger partial charge in [-0.15, -0.1) is 0 Å². The Hall–Kier alpha value is -2.25. The van der Waals surface area contributed by atoms with E-state index in [1.165, 1.54) is 0 Å². The fourth-order valence-corrected chi connectivity index (χ4v) is 3.72. The molecule has 0 saturated carbocycles. The van der Waals surface area contributed by atoms with Crippen LogP contribution in [0.25, 0.3) is 11.1 Å². The number of aliphatic hydroxyl groups is 1. The number of rotatable bonds is 7. The van der Waals surface area contributed by atoms with Crippen LogP contribution in [0.2, 0.25) is 0 Å². The van der Waals surface area contributed by atoms with Crippen molar-refractivity contribution in [3.05, 3.63) is 59.7 Å². The molecule has 1 saturated heterocycles.